The molecule has 1 aliphatic carbocycles. The lowest BCUT2D eigenvalue weighted by atomic mass is 9.74. The molecule has 2 aromatic rings. The molecule has 1 fully saturated rings. The molecular formula is C20H22N2O2S. The summed E-state index contributed by atoms with van der Waals surface area (Å²) in [5.41, 5.74) is 5.40. The molecule has 2 heterocycles. The smallest absolute Gasteiger partial charge is 0.312 e. The molecule has 1 atom stereocenters. The van der Waals surface area contributed by atoms with Crippen LogP contribution in [0.1, 0.15) is 42.0 Å². The van der Waals surface area contributed by atoms with E-state index >= 15 is 0 Å². The van der Waals surface area contributed by atoms with Crippen molar-refractivity contribution in [2.24, 2.45) is 0 Å². The average molecular weight is 354 g/mol. The first-order valence-corrected chi connectivity index (χ1v) is 9.74. The van der Waals surface area contributed by atoms with Crippen LogP contribution in [-0.4, -0.2) is 40.6 Å². The fourth-order valence-corrected chi connectivity index (χ4v) is 4.76. The summed E-state index contributed by atoms with van der Waals surface area (Å²) < 4.78 is 0. The van der Waals surface area contributed by atoms with Gasteiger partial charge in [-0.15, -0.1) is 11.3 Å². The number of rotatable bonds is 5. The highest BCUT2D eigenvalue weighted by Crippen LogP contribution is 2.43. The lowest BCUT2D eigenvalue weighted by molar-refractivity contribution is -0.139. The Kier molecular flexibility index (Phi) is 4.44. The van der Waals surface area contributed by atoms with Crippen molar-refractivity contribution in [2.75, 3.05) is 19.6 Å². The minimum atomic E-state index is -0.771. The van der Waals surface area contributed by atoms with Gasteiger partial charge in [0.05, 0.1) is 11.2 Å². The van der Waals surface area contributed by atoms with Crippen LogP contribution in [0, 0.1) is 0 Å². The molecule has 1 N–H and O–H groups in total. The van der Waals surface area contributed by atoms with Crippen LogP contribution in [0.4, 0.5) is 0 Å². The number of carboxylic acid groups (broad SMARTS) is 1. The van der Waals surface area contributed by atoms with Gasteiger partial charge in [0.1, 0.15) is 5.92 Å². The van der Waals surface area contributed by atoms with E-state index < -0.39 is 11.9 Å². The molecule has 4 rings (SSSR count). The normalized spacial score (nSPS) is 19.8. The van der Waals surface area contributed by atoms with Crippen LogP contribution in [0.25, 0.3) is 6.08 Å². The molecule has 1 aliphatic heterocycles. The summed E-state index contributed by atoms with van der Waals surface area (Å²) in [7, 11) is 0. The van der Waals surface area contributed by atoms with Gasteiger partial charge in [-0.2, -0.15) is 0 Å². The van der Waals surface area contributed by atoms with Crippen molar-refractivity contribution < 1.29 is 9.90 Å². The predicted octanol–water partition coefficient (Wildman–Crippen LogP) is 3.76. The topological polar surface area (TPSA) is 53.4 Å². The molecule has 1 aromatic heterocycles. The van der Waals surface area contributed by atoms with Gasteiger partial charge < -0.3 is 10.0 Å². The van der Waals surface area contributed by atoms with Gasteiger partial charge in [-0.05, 0) is 50.0 Å². The molecule has 25 heavy (non-hydrogen) atoms. The minimum Gasteiger partial charge on any atom is -0.481 e. The minimum absolute atomic E-state index is 0.189. The number of aliphatic carboxylic acids is 1. The number of fused-ring (bicyclic) bond motifs is 2. The zero-order valence-corrected chi connectivity index (χ0v) is 14.9. The Morgan fingerprint density at radius 3 is 2.84 bits per heavy atom. The number of carboxylic acids is 1. The molecule has 0 amide bonds. The van der Waals surface area contributed by atoms with Crippen LogP contribution < -0.4 is 0 Å². The van der Waals surface area contributed by atoms with Crippen molar-refractivity contribution >= 4 is 23.4 Å². The Hall–Kier alpha value is -1.98. The molecule has 0 saturated carbocycles. The molecule has 4 nitrogen and oxygen atoms in total. The quantitative estimate of drug-likeness (QED) is 0.888. The number of carbonyl (C=O) groups is 1. The summed E-state index contributed by atoms with van der Waals surface area (Å²) >= 11 is 1.46. The van der Waals surface area contributed by atoms with Crippen molar-refractivity contribution in [2.45, 2.75) is 30.6 Å². The van der Waals surface area contributed by atoms with Gasteiger partial charge in [-0.25, -0.2) is 4.98 Å². The Morgan fingerprint density at radius 2 is 2.12 bits per heavy atom. The van der Waals surface area contributed by atoms with Crippen LogP contribution in [0.15, 0.2) is 41.2 Å². The van der Waals surface area contributed by atoms with Crippen molar-refractivity contribution in [1.29, 1.82) is 0 Å². The van der Waals surface area contributed by atoms with E-state index in [0.29, 0.717) is 12.1 Å². The van der Waals surface area contributed by atoms with E-state index in [2.05, 4.69) is 46.3 Å². The van der Waals surface area contributed by atoms with E-state index in [1.54, 1.807) is 5.51 Å². The van der Waals surface area contributed by atoms with Gasteiger partial charge in [0.2, 0.25) is 0 Å². The second kappa shape index (κ2) is 6.73. The Bertz CT molecular complexity index is 777. The Morgan fingerprint density at radius 1 is 1.32 bits per heavy atom. The van der Waals surface area contributed by atoms with E-state index in [1.165, 1.54) is 22.5 Å². The van der Waals surface area contributed by atoms with Gasteiger partial charge in [-0.1, -0.05) is 36.4 Å². The number of thiazole rings is 1. The highest BCUT2D eigenvalue weighted by atomic mass is 32.1. The standard InChI is InChI=1S/C20H22N2O2S/c23-19(24)16(18-13-25-14-21-18)6-10-22-11-8-20(9-12-22)7-5-15-3-1-2-4-17(15)20/h1-5,7,13-14,16H,6,8-12H2,(H,23,24). The third-order valence-electron chi connectivity index (χ3n) is 5.67. The van der Waals surface area contributed by atoms with Gasteiger partial charge in [-0.3, -0.25) is 4.79 Å². The lowest BCUT2D eigenvalue weighted by Gasteiger charge is -2.39. The number of nitrogens with zero attached hydrogens (tertiary/aromatic N) is 2. The molecule has 130 valence electrons. The Balaban J connectivity index is 1.37. The van der Waals surface area contributed by atoms with E-state index in [9.17, 15) is 9.90 Å². The summed E-state index contributed by atoms with van der Waals surface area (Å²) in [6.07, 6.45) is 7.47. The van der Waals surface area contributed by atoms with Crippen LogP contribution in [0.5, 0.6) is 0 Å². The molecule has 1 unspecified atom stereocenters. The van der Waals surface area contributed by atoms with Gasteiger partial charge in [0, 0.05) is 10.8 Å². The molecule has 5 heteroatoms. The molecule has 2 aliphatic rings. The predicted molar refractivity (Wildman–Crippen MR) is 99.9 cm³/mol. The maximum Gasteiger partial charge on any atom is 0.312 e. The average Bonchev–Trinajstić information content (AvgIpc) is 3.26. The van der Waals surface area contributed by atoms with E-state index in [-0.39, 0.29) is 5.41 Å². The summed E-state index contributed by atoms with van der Waals surface area (Å²) in [5, 5.41) is 11.3. The van der Waals surface area contributed by atoms with Crippen LogP contribution in [0.2, 0.25) is 0 Å². The van der Waals surface area contributed by atoms with Gasteiger partial charge >= 0.3 is 5.97 Å². The van der Waals surface area contributed by atoms with Crippen LogP contribution >= 0.6 is 11.3 Å². The maximum atomic E-state index is 11.5. The molecular weight excluding hydrogens is 332 g/mol. The molecule has 1 spiro atoms. The zero-order valence-electron chi connectivity index (χ0n) is 14.1. The molecule has 1 saturated heterocycles. The van der Waals surface area contributed by atoms with Crippen LogP contribution in [-0.2, 0) is 10.2 Å². The summed E-state index contributed by atoms with van der Waals surface area (Å²) in [6, 6.07) is 8.68. The van der Waals surface area contributed by atoms with Crippen molar-refractivity contribution in [3.63, 3.8) is 0 Å². The first-order valence-electron chi connectivity index (χ1n) is 8.80. The summed E-state index contributed by atoms with van der Waals surface area (Å²) in [4.78, 5) is 18.1. The second-order valence-corrected chi connectivity index (χ2v) is 7.73. The first kappa shape index (κ1) is 16.5. The molecule has 0 radical (unpaired) electrons. The number of hydrogen-bond acceptors (Lipinski definition) is 4. The number of benzene rings is 1. The van der Waals surface area contributed by atoms with Crippen molar-refractivity contribution in [3.05, 3.63) is 58.1 Å². The molecule has 1 aromatic carbocycles. The van der Waals surface area contributed by atoms with Crippen molar-refractivity contribution in [3.8, 4) is 0 Å². The highest BCUT2D eigenvalue weighted by Gasteiger charge is 2.37. The van der Waals surface area contributed by atoms with Gasteiger partial charge in [0.15, 0.2) is 0 Å². The first-order chi connectivity index (χ1) is 12.2. The highest BCUT2D eigenvalue weighted by molar-refractivity contribution is 7.07. The summed E-state index contributed by atoms with van der Waals surface area (Å²) in [5.74, 6) is -1.26. The second-order valence-electron chi connectivity index (χ2n) is 7.01. The van der Waals surface area contributed by atoms with E-state index in [4.69, 9.17) is 0 Å². The third kappa shape index (κ3) is 3.14. The monoisotopic (exact) mass is 354 g/mol. The maximum absolute atomic E-state index is 11.5. The van der Waals surface area contributed by atoms with Gasteiger partial charge in [0.25, 0.3) is 0 Å². The zero-order chi connectivity index (χ0) is 17.3. The third-order valence-corrected chi connectivity index (χ3v) is 6.27. The summed E-state index contributed by atoms with van der Waals surface area (Å²) in [6.45, 7) is 2.85. The largest absolute Gasteiger partial charge is 0.481 e. The number of hydrogen-bond donors (Lipinski definition) is 1. The number of likely N-dealkylation sites (tertiary alicyclic amines) is 1. The van der Waals surface area contributed by atoms with Crippen molar-refractivity contribution in [1.82, 2.24) is 9.88 Å². The van der Waals surface area contributed by atoms with Crippen LogP contribution in [0.3, 0.4) is 0 Å². The van der Waals surface area contributed by atoms with E-state index in [1.807, 2.05) is 5.38 Å². The SMILES string of the molecule is O=C(O)C(CCN1CCC2(C=Cc3ccccc32)CC1)c1cscn1. The number of piperidine rings is 1. The fraction of sp³-hybridized carbons (Fsp3) is 0.400. The number of aromatic nitrogens is 1. The fourth-order valence-electron chi connectivity index (χ4n) is 4.15. The molecule has 0 bridgehead atoms. The Labute approximate surface area is 151 Å². The number of allylic oxidation sites excluding steroid dienone is 1. The van der Waals surface area contributed by atoms with E-state index in [0.717, 1.165) is 32.5 Å². The lowest BCUT2D eigenvalue weighted by Crippen LogP contribution is -2.41.